The standard InChI is InChI=1S/C13H21N5O/c1-9-6-11(7-16-17-13(14)15)10(2)18(9)8-12-4-3-5-19-12/h6-7,12H,3-5,8H2,1-2H3,(H4,14,15,17)/b16-7+/t12-/m0/s1. The maximum absolute atomic E-state index is 5.68. The van der Waals surface area contributed by atoms with Gasteiger partial charge < -0.3 is 20.8 Å². The predicted octanol–water partition coefficient (Wildman–Crippen LogP) is 0.891. The van der Waals surface area contributed by atoms with Crippen LogP contribution in [-0.2, 0) is 11.3 Å². The van der Waals surface area contributed by atoms with Gasteiger partial charge in [-0.3, -0.25) is 0 Å². The average molecular weight is 263 g/mol. The molecule has 104 valence electrons. The Kier molecular flexibility index (Phi) is 4.21. The average Bonchev–Trinajstić information content (AvgIpc) is 2.93. The summed E-state index contributed by atoms with van der Waals surface area (Å²) in [6, 6.07) is 2.08. The van der Waals surface area contributed by atoms with Crippen LogP contribution in [0.15, 0.2) is 16.3 Å². The lowest BCUT2D eigenvalue weighted by Gasteiger charge is -2.14. The number of nitrogens with zero attached hydrogens (tertiary/aromatic N) is 3. The zero-order chi connectivity index (χ0) is 13.8. The Morgan fingerprint density at radius 1 is 1.53 bits per heavy atom. The van der Waals surface area contributed by atoms with Crippen LogP contribution in [0, 0.1) is 13.8 Å². The second-order valence-corrected chi connectivity index (χ2v) is 4.84. The van der Waals surface area contributed by atoms with Crippen molar-refractivity contribution < 1.29 is 4.74 Å². The number of hydrogen-bond acceptors (Lipinski definition) is 3. The molecule has 1 aliphatic rings. The molecule has 0 aromatic carbocycles. The highest BCUT2D eigenvalue weighted by molar-refractivity contribution is 5.83. The van der Waals surface area contributed by atoms with Gasteiger partial charge in [0.25, 0.3) is 0 Å². The van der Waals surface area contributed by atoms with E-state index in [1.807, 2.05) is 0 Å². The minimum Gasteiger partial charge on any atom is -0.376 e. The van der Waals surface area contributed by atoms with Gasteiger partial charge in [0.1, 0.15) is 0 Å². The molecule has 4 N–H and O–H groups in total. The Morgan fingerprint density at radius 3 is 2.95 bits per heavy atom. The first-order valence-electron chi connectivity index (χ1n) is 6.48. The third-order valence-electron chi connectivity index (χ3n) is 3.39. The summed E-state index contributed by atoms with van der Waals surface area (Å²) < 4.78 is 7.94. The minimum absolute atomic E-state index is 0.0376. The Labute approximate surface area is 113 Å². The lowest BCUT2D eigenvalue weighted by atomic mass is 10.2. The minimum atomic E-state index is -0.0376. The lowest BCUT2D eigenvalue weighted by molar-refractivity contribution is 0.0962. The SMILES string of the molecule is Cc1cc(/C=N/N=C(N)N)c(C)n1C[C@@H]1CCCO1. The van der Waals surface area contributed by atoms with Crippen molar-refractivity contribution in [3.05, 3.63) is 23.0 Å². The molecule has 0 spiro atoms. The van der Waals surface area contributed by atoms with Gasteiger partial charge in [-0.05, 0) is 32.8 Å². The molecule has 19 heavy (non-hydrogen) atoms. The summed E-state index contributed by atoms with van der Waals surface area (Å²) in [7, 11) is 0. The van der Waals surface area contributed by atoms with Gasteiger partial charge in [-0.1, -0.05) is 0 Å². The molecule has 0 amide bonds. The number of rotatable bonds is 4. The quantitative estimate of drug-likeness (QED) is 0.480. The summed E-state index contributed by atoms with van der Waals surface area (Å²) in [6.45, 7) is 5.93. The normalized spacial score (nSPS) is 19.2. The van der Waals surface area contributed by atoms with Gasteiger partial charge in [0, 0.05) is 30.1 Å². The molecule has 1 aromatic rings. The summed E-state index contributed by atoms with van der Waals surface area (Å²) in [5, 5.41) is 7.47. The molecule has 1 fully saturated rings. The third-order valence-corrected chi connectivity index (χ3v) is 3.39. The fourth-order valence-electron chi connectivity index (χ4n) is 2.39. The molecule has 0 radical (unpaired) electrons. The zero-order valence-corrected chi connectivity index (χ0v) is 11.5. The molecule has 0 bridgehead atoms. The van der Waals surface area contributed by atoms with E-state index in [2.05, 4.69) is 34.7 Å². The monoisotopic (exact) mass is 263 g/mol. The molecule has 0 aliphatic carbocycles. The van der Waals surface area contributed by atoms with Gasteiger partial charge in [0.15, 0.2) is 0 Å². The Morgan fingerprint density at radius 2 is 2.32 bits per heavy atom. The number of aromatic nitrogens is 1. The topological polar surface area (TPSA) is 90.9 Å². The molecule has 6 heteroatoms. The van der Waals surface area contributed by atoms with E-state index in [1.54, 1.807) is 6.21 Å². The Hall–Kier alpha value is -1.82. The van der Waals surface area contributed by atoms with Crippen LogP contribution in [0.25, 0.3) is 0 Å². The van der Waals surface area contributed by atoms with E-state index in [4.69, 9.17) is 16.2 Å². The number of nitrogens with two attached hydrogens (primary N) is 2. The van der Waals surface area contributed by atoms with E-state index in [9.17, 15) is 0 Å². The fraction of sp³-hybridized carbons (Fsp3) is 0.538. The summed E-state index contributed by atoms with van der Waals surface area (Å²) >= 11 is 0. The van der Waals surface area contributed by atoms with Gasteiger partial charge in [-0.15, -0.1) is 5.10 Å². The predicted molar refractivity (Wildman–Crippen MR) is 76.3 cm³/mol. The van der Waals surface area contributed by atoms with Gasteiger partial charge in [-0.25, -0.2) is 0 Å². The van der Waals surface area contributed by atoms with E-state index in [0.29, 0.717) is 6.10 Å². The van der Waals surface area contributed by atoms with Crippen LogP contribution < -0.4 is 11.5 Å². The van der Waals surface area contributed by atoms with Crippen LogP contribution in [-0.4, -0.2) is 29.5 Å². The van der Waals surface area contributed by atoms with Crippen molar-refractivity contribution in [2.75, 3.05) is 6.61 Å². The van der Waals surface area contributed by atoms with E-state index < -0.39 is 0 Å². The fourth-order valence-corrected chi connectivity index (χ4v) is 2.39. The maximum Gasteiger partial charge on any atom is 0.211 e. The van der Waals surface area contributed by atoms with Crippen LogP contribution in [0.3, 0.4) is 0 Å². The van der Waals surface area contributed by atoms with Crippen LogP contribution in [0.4, 0.5) is 0 Å². The van der Waals surface area contributed by atoms with Crippen molar-refractivity contribution in [3.8, 4) is 0 Å². The largest absolute Gasteiger partial charge is 0.376 e. The molecule has 2 heterocycles. The Bertz CT molecular complexity index is 493. The molecule has 1 saturated heterocycles. The second kappa shape index (κ2) is 5.88. The number of hydrogen-bond donors (Lipinski definition) is 2. The molecule has 1 aliphatic heterocycles. The molecule has 0 saturated carbocycles. The van der Waals surface area contributed by atoms with Crippen LogP contribution >= 0.6 is 0 Å². The first kappa shape index (κ1) is 13.6. The van der Waals surface area contributed by atoms with E-state index in [-0.39, 0.29) is 5.96 Å². The summed E-state index contributed by atoms with van der Waals surface area (Å²) in [5.41, 5.74) is 13.8. The van der Waals surface area contributed by atoms with Crippen molar-refractivity contribution >= 4 is 12.2 Å². The van der Waals surface area contributed by atoms with Gasteiger partial charge in [-0.2, -0.15) is 5.10 Å². The van der Waals surface area contributed by atoms with Crippen molar-refractivity contribution in [2.45, 2.75) is 39.3 Å². The number of guanidine groups is 1. The van der Waals surface area contributed by atoms with Gasteiger partial charge in [0.2, 0.25) is 5.96 Å². The number of ether oxygens (including phenoxy) is 1. The maximum atomic E-state index is 5.68. The molecule has 2 rings (SSSR count). The first-order chi connectivity index (χ1) is 9.08. The number of aryl methyl sites for hydroxylation is 1. The van der Waals surface area contributed by atoms with Crippen molar-refractivity contribution in [1.29, 1.82) is 0 Å². The van der Waals surface area contributed by atoms with Crippen LogP contribution in [0.1, 0.15) is 29.8 Å². The molecule has 6 nitrogen and oxygen atoms in total. The molecule has 0 unspecified atom stereocenters. The van der Waals surface area contributed by atoms with E-state index >= 15 is 0 Å². The highest BCUT2D eigenvalue weighted by Gasteiger charge is 2.18. The van der Waals surface area contributed by atoms with Crippen molar-refractivity contribution in [2.24, 2.45) is 21.7 Å². The molecular weight excluding hydrogens is 242 g/mol. The molecular formula is C13H21N5O. The highest BCUT2D eigenvalue weighted by atomic mass is 16.5. The Balaban J connectivity index is 2.14. The van der Waals surface area contributed by atoms with E-state index in [1.165, 1.54) is 5.69 Å². The molecule has 1 atom stereocenters. The second-order valence-electron chi connectivity index (χ2n) is 4.84. The zero-order valence-electron chi connectivity index (χ0n) is 11.5. The van der Waals surface area contributed by atoms with Crippen LogP contribution in [0.2, 0.25) is 0 Å². The van der Waals surface area contributed by atoms with E-state index in [0.717, 1.165) is 37.3 Å². The smallest absolute Gasteiger partial charge is 0.211 e. The third kappa shape index (κ3) is 3.35. The van der Waals surface area contributed by atoms with Crippen molar-refractivity contribution in [3.63, 3.8) is 0 Å². The van der Waals surface area contributed by atoms with Gasteiger partial charge >= 0.3 is 0 Å². The van der Waals surface area contributed by atoms with Crippen LogP contribution in [0.5, 0.6) is 0 Å². The lowest BCUT2D eigenvalue weighted by Crippen LogP contribution is -2.21. The summed E-state index contributed by atoms with van der Waals surface area (Å²) in [5.74, 6) is -0.0376. The highest BCUT2D eigenvalue weighted by Crippen LogP contribution is 2.19. The summed E-state index contributed by atoms with van der Waals surface area (Å²) in [4.78, 5) is 0. The van der Waals surface area contributed by atoms with Gasteiger partial charge in [0.05, 0.1) is 12.3 Å². The molecule has 1 aromatic heterocycles. The summed E-state index contributed by atoms with van der Waals surface area (Å²) in [6.07, 6.45) is 4.29. The van der Waals surface area contributed by atoms with Crippen molar-refractivity contribution in [1.82, 2.24) is 4.57 Å². The first-order valence-corrected chi connectivity index (χ1v) is 6.48.